The van der Waals surface area contributed by atoms with E-state index in [9.17, 15) is 14.4 Å². The third kappa shape index (κ3) is 59.3. The predicted molar refractivity (Wildman–Crippen MR) is 316 cm³/mol. The second-order valence-electron chi connectivity index (χ2n) is 20.6. The van der Waals surface area contributed by atoms with Crippen molar-refractivity contribution in [1.82, 2.24) is 0 Å². The van der Waals surface area contributed by atoms with Crippen LogP contribution in [0.1, 0.15) is 303 Å². The van der Waals surface area contributed by atoms with Gasteiger partial charge in [-0.2, -0.15) is 0 Å². The molecule has 0 aromatic heterocycles. The number of carbonyl (C=O) groups is 3. The quantitative estimate of drug-likeness (QED) is 0.0261. The van der Waals surface area contributed by atoms with Gasteiger partial charge in [-0.15, -0.1) is 0 Å². The van der Waals surface area contributed by atoms with Gasteiger partial charge in [-0.3, -0.25) is 14.4 Å². The minimum absolute atomic E-state index is 0.107. The topological polar surface area (TPSA) is 78.9 Å². The summed E-state index contributed by atoms with van der Waals surface area (Å²) in [5, 5.41) is 0. The maximum absolute atomic E-state index is 12.8. The second kappa shape index (κ2) is 61.1. The largest absolute Gasteiger partial charge is 0.462 e. The van der Waals surface area contributed by atoms with Crippen LogP contribution in [0.15, 0.2) is 85.1 Å². The molecule has 0 rings (SSSR count). The van der Waals surface area contributed by atoms with Crippen LogP contribution in [-0.4, -0.2) is 37.2 Å². The van der Waals surface area contributed by atoms with E-state index in [1.807, 2.05) is 6.08 Å². The van der Waals surface area contributed by atoms with Crippen LogP contribution in [0.5, 0.6) is 0 Å². The van der Waals surface area contributed by atoms with Gasteiger partial charge in [0.15, 0.2) is 6.10 Å². The fourth-order valence-electron chi connectivity index (χ4n) is 8.76. The molecular formula is C67H116O6. The molecule has 0 saturated carbocycles. The summed E-state index contributed by atoms with van der Waals surface area (Å²) in [5.41, 5.74) is 0. The van der Waals surface area contributed by atoms with Gasteiger partial charge >= 0.3 is 17.9 Å². The van der Waals surface area contributed by atoms with Crippen molar-refractivity contribution in [2.75, 3.05) is 13.2 Å². The molecule has 0 aromatic carbocycles. The van der Waals surface area contributed by atoms with Gasteiger partial charge in [0.05, 0.1) is 0 Å². The Bertz CT molecular complexity index is 1400. The van der Waals surface area contributed by atoms with Crippen LogP contribution < -0.4 is 0 Å². The molecule has 6 nitrogen and oxygen atoms in total. The van der Waals surface area contributed by atoms with Gasteiger partial charge in [0.2, 0.25) is 0 Å². The first-order valence-electron chi connectivity index (χ1n) is 31.1. The summed E-state index contributed by atoms with van der Waals surface area (Å²) >= 11 is 0. The van der Waals surface area contributed by atoms with Crippen molar-refractivity contribution >= 4 is 17.9 Å². The highest BCUT2D eigenvalue weighted by molar-refractivity contribution is 5.71. The summed E-state index contributed by atoms with van der Waals surface area (Å²) in [7, 11) is 0. The van der Waals surface area contributed by atoms with Gasteiger partial charge in [-0.1, -0.05) is 286 Å². The lowest BCUT2D eigenvalue weighted by Crippen LogP contribution is -2.30. The molecule has 0 heterocycles. The normalized spacial score (nSPS) is 12.6. The molecule has 0 spiro atoms. The van der Waals surface area contributed by atoms with Crippen molar-refractivity contribution in [3.05, 3.63) is 85.1 Å². The van der Waals surface area contributed by atoms with Crippen LogP contribution in [0.4, 0.5) is 0 Å². The van der Waals surface area contributed by atoms with E-state index in [1.54, 1.807) is 0 Å². The fraction of sp³-hybridized carbons (Fsp3) is 0.746. The molecule has 0 aliphatic carbocycles. The zero-order valence-corrected chi connectivity index (χ0v) is 48.1. The van der Waals surface area contributed by atoms with Crippen LogP contribution in [0.25, 0.3) is 0 Å². The number of hydrogen-bond acceptors (Lipinski definition) is 6. The molecule has 0 N–H and O–H groups in total. The van der Waals surface area contributed by atoms with Crippen LogP contribution >= 0.6 is 0 Å². The maximum atomic E-state index is 12.8. The zero-order chi connectivity index (χ0) is 52.9. The number of carbonyl (C=O) groups excluding carboxylic acids is 3. The Morgan fingerprint density at radius 3 is 0.918 bits per heavy atom. The maximum Gasteiger partial charge on any atom is 0.306 e. The highest BCUT2D eigenvalue weighted by Gasteiger charge is 2.19. The van der Waals surface area contributed by atoms with Crippen LogP contribution in [-0.2, 0) is 28.6 Å². The first-order chi connectivity index (χ1) is 36.0. The van der Waals surface area contributed by atoms with Gasteiger partial charge < -0.3 is 14.2 Å². The Kier molecular flexibility index (Phi) is 58.3. The Labute approximate surface area is 452 Å². The van der Waals surface area contributed by atoms with Crippen LogP contribution in [0.2, 0.25) is 0 Å². The van der Waals surface area contributed by atoms with Gasteiger partial charge in [-0.25, -0.2) is 0 Å². The highest BCUT2D eigenvalue weighted by Crippen LogP contribution is 2.17. The molecule has 420 valence electrons. The monoisotopic (exact) mass is 1020 g/mol. The van der Waals surface area contributed by atoms with Gasteiger partial charge in [-0.05, 0) is 83.5 Å². The molecule has 6 heteroatoms. The average molecular weight is 1020 g/mol. The summed E-state index contributed by atoms with van der Waals surface area (Å²) in [6.45, 7) is 6.46. The Balaban J connectivity index is 4.36. The second-order valence-corrected chi connectivity index (χ2v) is 20.6. The van der Waals surface area contributed by atoms with E-state index in [0.29, 0.717) is 19.3 Å². The minimum Gasteiger partial charge on any atom is -0.462 e. The van der Waals surface area contributed by atoms with Crippen molar-refractivity contribution < 1.29 is 28.6 Å². The van der Waals surface area contributed by atoms with Gasteiger partial charge in [0, 0.05) is 19.3 Å². The molecule has 1 atom stereocenters. The molecule has 0 amide bonds. The van der Waals surface area contributed by atoms with Crippen molar-refractivity contribution in [2.24, 2.45) is 0 Å². The molecule has 0 radical (unpaired) electrons. The number of allylic oxidation sites excluding steroid dienone is 14. The number of hydrogen-bond donors (Lipinski definition) is 0. The number of rotatable bonds is 56. The standard InChI is InChI=1S/C67H116O6/c1-4-7-10-13-16-19-22-25-27-29-31-32-33-34-35-37-38-40-42-45-48-51-54-57-60-66(69)72-63-64(62-71-65(68)59-56-53-50-47-44-24-21-18-15-12-9-6-3)73-67(70)61-58-55-52-49-46-43-41-39-36-30-28-26-23-20-17-14-11-8-5-2/h8,11,17-18,20-21,26,28,36,39,43,46,52,55,64H,4-7,9-10,12-16,19,22-25,27,29-35,37-38,40-42,44-45,47-51,53-54,56-63H2,1-3H3/b11-8-,20-17-,21-18-,28-26-,39-36-,46-43-,55-52-. The average Bonchev–Trinajstić information content (AvgIpc) is 3.39. The SMILES string of the molecule is CC/C=C\C/C=C\C/C=C\C/C=C\C/C=C\C/C=C\CCC(=O)OC(COC(=O)CCCCCCC/C=C\CCCCC)COC(=O)CCCCCCCCCCCCCCCCCCCCCCCCCC. The molecule has 0 aliphatic rings. The van der Waals surface area contributed by atoms with Crippen LogP contribution in [0, 0.1) is 0 Å². The molecule has 1 unspecified atom stereocenters. The Morgan fingerprint density at radius 2 is 0.562 bits per heavy atom. The van der Waals surface area contributed by atoms with Crippen molar-refractivity contribution in [1.29, 1.82) is 0 Å². The lowest BCUT2D eigenvalue weighted by Gasteiger charge is -2.18. The first-order valence-corrected chi connectivity index (χ1v) is 31.1. The van der Waals surface area contributed by atoms with E-state index in [2.05, 4.69) is 99.8 Å². The van der Waals surface area contributed by atoms with E-state index in [1.165, 1.54) is 167 Å². The predicted octanol–water partition coefficient (Wildman–Crippen LogP) is 21.1. The number of unbranched alkanes of at least 4 members (excludes halogenated alkanes) is 31. The summed E-state index contributed by atoms with van der Waals surface area (Å²) in [5.74, 6) is -0.992. The third-order valence-corrected chi connectivity index (χ3v) is 13.4. The van der Waals surface area contributed by atoms with E-state index in [-0.39, 0.29) is 31.6 Å². The summed E-state index contributed by atoms with van der Waals surface area (Å²) in [4.78, 5) is 38.2. The molecule has 0 saturated heterocycles. The smallest absolute Gasteiger partial charge is 0.306 e. The lowest BCUT2D eigenvalue weighted by molar-refractivity contribution is -0.166. The van der Waals surface area contributed by atoms with E-state index >= 15 is 0 Å². The van der Waals surface area contributed by atoms with Crippen LogP contribution in [0.3, 0.4) is 0 Å². The van der Waals surface area contributed by atoms with Gasteiger partial charge in [0.25, 0.3) is 0 Å². The van der Waals surface area contributed by atoms with Gasteiger partial charge in [0.1, 0.15) is 13.2 Å². The summed E-state index contributed by atoms with van der Waals surface area (Å²) in [6.07, 6.45) is 80.4. The Morgan fingerprint density at radius 1 is 0.288 bits per heavy atom. The summed E-state index contributed by atoms with van der Waals surface area (Å²) < 4.78 is 16.8. The highest BCUT2D eigenvalue weighted by atomic mass is 16.6. The molecule has 0 aliphatic heterocycles. The summed E-state index contributed by atoms with van der Waals surface area (Å²) in [6, 6.07) is 0. The minimum atomic E-state index is -0.820. The van der Waals surface area contributed by atoms with Crippen molar-refractivity contribution in [3.63, 3.8) is 0 Å². The molecule has 73 heavy (non-hydrogen) atoms. The fourth-order valence-corrected chi connectivity index (χ4v) is 8.76. The third-order valence-electron chi connectivity index (χ3n) is 13.4. The number of ether oxygens (including phenoxy) is 3. The van der Waals surface area contributed by atoms with Crippen molar-refractivity contribution in [3.8, 4) is 0 Å². The molecule has 0 aromatic rings. The molecule has 0 fully saturated rings. The van der Waals surface area contributed by atoms with E-state index in [4.69, 9.17) is 14.2 Å². The number of esters is 3. The first kappa shape index (κ1) is 69.6. The Hall–Kier alpha value is -3.41. The van der Waals surface area contributed by atoms with E-state index < -0.39 is 12.1 Å². The zero-order valence-electron chi connectivity index (χ0n) is 48.1. The van der Waals surface area contributed by atoms with E-state index in [0.717, 1.165) is 89.9 Å². The molecule has 0 bridgehead atoms. The lowest BCUT2D eigenvalue weighted by atomic mass is 10.0. The molecular weight excluding hydrogens is 901 g/mol. The van der Waals surface area contributed by atoms with Crippen molar-refractivity contribution in [2.45, 2.75) is 309 Å².